The zero-order valence-corrected chi connectivity index (χ0v) is 23.9. The number of fused-ring (bicyclic) bond motifs is 3. The third-order valence-corrected chi connectivity index (χ3v) is 8.38. The molecule has 2 N–H and O–H groups in total. The van der Waals surface area contributed by atoms with Crippen molar-refractivity contribution in [3.63, 3.8) is 0 Å². The number of anilines is 1. The monoisotopic (exact) mass is 523 g/mol. The van der Waals surface area contributed by atoms with Gasteiger partial charge in [-0.2, -0.15) is 0 Å². The van der Waals surface area contributed by atoms with E-state index in [2.05, 4.69) is 104 Å². The molecule has 5 nitrogen and oxygen atoms in total. The van der Waals surface area contributed by atoms with Crippen LogP contribution in [0.15, 0.2) is 60.7 Å². The summed E-state index contributed by atoms with van der Waals surface area (Å²) >= 11 is 0. The first kappa shape index (κ1) is 26.1. The smallest absolute Gasteiger partial charge is 0.409 e. The fourth-order valence-electron chi connectivity index (χ4n) is 5.45. The van der Waals surface area contributed by atoms with Gasteiger partial charge in [0.1, 0.15) is 14.7 Å². The molecule has 38 heavy (non-hydrogen) atoms. The van der Waals surface area contributed by atoms with Crippen LogP contribution < -0.4 is 10.6 Å². The van der Waals surface area contributed by atoms with Gasteiger partial charge in [-0.05, 0) is 52.4 Å². The Hall–Kier alpha value is -3.53. The fourth-order valence-corrected chi connectivity index (χ4v) is 5.96. The van der Waals surface area contributed by atoms with Crippen molar-refractivity contribution in [3.8, 4) is 22.6 Å². The van der Waals surface area contributed by atoms with Crippen molar-refractivity contribution in [3.05, 3.63) is 88.5 Å². The van der Waals surface area contributed by atoms with E-state index < -0.39 is 8.07 Å². The Bertz CT molecular complexity index is 1360. The highest BCUT2D eigenvalue weighted by atomic mass is 28.3. The van der Waals surface area contributed by atoms with Crippen LogP contribution in [-0.4, -0.2) is 51.9 Å². The van der Waals surface area contributed by atoms with Crippen LogP contribution in [0, 0.1) is 18.4 Å². The first-order valence-corrected chi connectivity index (χ1v) is 17.0. The number of benzene rings is 3. The van der Waals surface area contributed by atoms with Gasteiger partial charge in [0.15, 0.2) is 0 Å². The molecule has 0 bridgehead atoms. The minimum atomic E-state index is -1.48. The largest absolute Gasteiger partial charge is 0.448 e. The van der Waals surface area contributed by atoms with Gasteiger partial charge in [-0.3, -0.25) is 0 Å². The van der Waals surface area contributed by atoms with Crippen LogP contribution in [0.3, 0.4) is 0 Å². The maximum Gasteiger partial charge on any atom is 0.409 e. The first-order valence-electron chi connectivity index (χ1n) is 13.5. The van der Waals surface area contributed by atoms with Crippen LogP contribution in [-0.2, 0) is 11.3 Å². The second kappa shape index (κ2) is 10.7. The highest BCUT2D eigenvalue weighted by molar-refractivity contribution is 6.83. The fraction of sp³-hybridized carbons (Fsp3) is 0.344. The van der Waals surface area contributed by atoms with Gasteiger partial charge >= 0.3 is 6.09 Å². The molecule has 1 fully saturated rings. The van der Waals surface area contributed by atoms with E-state index in [0.29, 0.717) is 26.2 Å². The van der Waals surface area contributed by atoms with Gasteiger partial charge in [0.25, 0.3) is 0 Å². The summed E-state index contributed by atoms with van der Waals surface area (Å²) in [6, 6.07) is 21.2. The summed E-state index contributed by atoms with van der Waals surface area (Å²) < 4.78 is 5.90. The third-order valence-electron chi connectivity index (χ3n) is 7.50. The number of carbonyl (C=O) groups excluding carboxylic acids is 1. The molecule has 2 aliphatic rings. The molecule has 196 valence electrons. The highest BCUT2D eigenvalue weighted by Gasteiger charge is 2.30. The number of nitrogens with zero attached hydrogens (tertiary/aromatic N) is 2. The van der Waals surface area contributed by atoms with Crippen LogP contribution in [0.1, 0.15) is 33.7 Å². The van der Waals surface area contributed by atoms with Crippen LogP contribution >= 0.6 is 0 Å². The van der Waals surface area contributed by atoms with Gasteiger partial charge < -0.3 is 20.3 Å². The van der Waals surface area contributed by atoms with Gasteiger partial charge in [0.2, 0.25) is 0 Å². The van der Waals surface area contributed by atoms with Crippen molar-refractivity contribution in [2.45, 2.75) is 39.0 Å². The quantitative estimate of drug-likeness (QED) is 0.349. The van der Waals surface area contributed by atoms with Crippen molar-refractivity contribution in [2.24, 2.45) is 5.73 Å². The number of hydrogen-bond acceptors (Lipinski definition) is 4. The summed E-state index contributed by atoms with van der Waals surface area (Å²) in [5, 5.41) is 0. The zero-order valence-electron chi connectivity index (χ0n) is 22.9. The molecule has 0 saturated carbocycles. The number of ether oxygens (including phenoxy) is 1. The van der Waals surface area contributed by atoms with E-state index in [0.717, 1.165) is 24.2 Å². The molecule has 1 aliphatic heterocycles. The summed E-state index contributed by atoms with van der Waals surface area (Å²) in [6.07, 6.45) is -0.236. The first-order chi connectivity index (χ1) is 18.2. The number of carbonyl (C=O) groups is 1. The van der Waals surface area contributed by atoms with Crippen LogP contribution in [0.4, 0.5) is 10.5 Å². The lowest BCUT2D eigenvalue weighted by Crippen LogP contribution is -2.49. The molecule has 0 radical (unpaired) electrons. The van der Waals surface area contributed by atoms with Crippen molar-refractivity contribution < 1.29 is 9.53 Å². The molecule has 1 heterocycles. The number of nitrogens with two attached hydrogens (primary N) is 1. The number of rotatable bonds is 4. The maximum atomic E-state index is 13.1. The van der Waals surface area contributed by atoms with E-state index in [9.17, 15) is 4.79 Å². The van der Waals surface area contributed by atoms with E-state index in [1.165, 1.54) is 33.5 Å². The molecule has 0 unspecified atom stereocenters. The molecule has 6 heteroatoms. The molecule has 3 aromatic rings. The normalized spacial score (nSPS) is 15.0. The summed E-state index contributed by atoms with van der Waals surface area (Å²) in [5.74, 6) is 3.47. The Morgan fingerprint density at radius 2 is 1.58 bits per heavy atom. The zero-order chi connectivity index (χ0) is 26.9. The highest BCUT2D eigenvalue weighted by Crippen LogP contribution is 2.44. The Labute approximate surface area is 227 Å². The third kappa shape index (κ3) is 5.36. The lowest BCUT2D eigenvalue weighted by Gasteiger charge is -2.36. The van der Waals surface area contributed by atoms with Gasteiger partial charge in [-0.25, -0.2) is 4.79 Å². The summed E-state index contributed by atoms with van der Waals surface area (Å²) in [4.78, 5) is 17.3. The van der Waals surface area contributed by atoms with Gasteiger partial charge in [0.05, 0.1) is 0 Å². The summed E-state index contributed by atoms with van der Waals surface area (Å²) in [5.41, 5.74) is 19.0. The molecule has 0 spiro atoms. The molecule has 1 saturated heterocycles. The average molecular weight is 524 g/mol. The molecule has 3 aromatic carbocycles. The van der Waals surface area contributed by atoms with Crippen molar-refractivity contribution >= 4 is 19.9 Å². The Kier molecular flexibility index (Phi) is 7.33. The van der Waals surface area contributed by atoms with Crippen molar-refractivity contribution in [1.82, 2.24) is 4.90 Å². The van der Waals surface area contributed by atoms with E-state index in [-0.39, 0.29) is 12.0 Å². The topological polar surface area (TPSA) is 58.8 Å². The lowest BCUT2D eigenvalue weighted by atomic mass is 9.98. The standard InChI is InChI=1S/C32H37N3O2Si/c1-23-25(21-33)19-24(13-18-38(2,3)4)20-31(23)34-14-16-35(17-15-34)32(36)37-22-30-28-11-7-5-9-26(28)27-10-6-8-12-29(27)30/h5-12,19-20,30H,14-17,21-22,33H2,1-4H3. The van der Waals surface area contributed by atoms with E-state index in [1.807, 2.05) is 4.90 Å². The molecule has 0 aromatic heterocycles. The predicted molar refractivity (Wildman–Crippen MR) is 158 cm³/mol. The molecular weight excluding hydrogens is 486 g/mol. The number of piperazine rings is 1. The number of hydrogen-bond donors (Lipinski definition) is 1. The Morgan fingerprint density at radius 1 is 0.974 bits per heavy atom. The predicted octanol–water partition coefficient (Wildman–Crippen LogP) is 5.75. The molecule has 5 rings (SSSR count). The van der Waals surface area contributed by atoms with Crippen molar-refractivity contribution in [1.29, 1.82) is 0 Å². The van der Waals surface area contributed by atoms with E-state index >= 15 is 0 Å². The van der Waals surface area contributed by atoms with E-state index in [4.69, 9.17) is 10.5 Å². The van der Waals surface area contributed by atoms with Crippen molar-refractivity contribution in [2.75, 3.05) is 37.7 Å². The molecule has 1 amide bonds. The second-order valence-corrected chi connectivity index (χ2v) is 16.0. The van der Waals surface area contributed by atoms with Crippen LogP contribution in [0.2, 0.25) is 19.6 Å². The maximum absolute atomic E-state index is 13.1. The molecule has 1 aliphatic carbocycles. The molecule has 0 atom stereocenters. The Balaban J connectivity index is 1.24. The van der Waals surface area contributed by atoms with Crippen LogP contribution in [0.25, 0.3) is 11.1 Å². The van der Waals surface area contributed by atoms with Crippen LogP contribution in [0.5, 0.6) is 0 Å². The summed E-state index contributed by atoms with van der Waals surface area (Å²) in [7, 11) is -1.48. The van der Waals surface area contributed by atoms with Gasteiger partial charge in [0, 0.05) is 49.9 Å². The number of amides is 1. The minimum Gasteiger partial charge on any atom is -0.448 e. The Morgan fingerprint density at radius 3 is 2.16 bits per heavy atom. The lowest BCUT2D eigenvalue weighted by molar-refractivity contribution is 0.0977. The minimum absolute atomic E-state index is 0.0741. The SMILES string of the molecule is Cc1c(CN)cc(C#C[Si](C)(C)C)cc1N1CCN(C(=O)OCC2c3ccccc3-c3ccccc32)CC1. The van der Waals surface area contributed by atoms with Gasteiger partial charge in [-0.15, -0.1) is 5.54 Å². The van der Waals surface area contributed by atoms with Gasteiger partial charge in [-0.1, -0.05) is 74.1 Å². The molecular formula is C32H37N3O2Si. The second-order valence-electron chi connectivity index (χ2n) is 11.3. The summed E-state index contributed by atoms with van der Waals surface area (Å²) in [6.45, 7) is 12.5. The average Bonchev–Trinajstić information content (AvgIpc) is 3.24. The van der Waals surface area contributed by atoms with E-state index in [1.54, 1.807) is 0 Å².